The fourth-order valence-corrected chi connectivity index (χ4v) is 2.82. The molecule has 1 aromatic carbocycles. The molecule has 0 radical (unpaired) electrons. The van der Waals surface area contributed by atoms with Crippen LogP contribution in [0.25, 0.3) is 0 Å². The van der Waals surface area contributed by atoms with E-state index in [0.717, 1.165) is 24.3 Å². The zero-order valence-electron chi connectivity index (χ0n) is 11.7. The Morgan fingerprint density at radius 1 is 1.43 bits per heavy atom. The first-order valence-electron chi connectivity index (χ1n) is 7.14. The number of carbonyl (C=O) groups excluding carboxylic acids is 1. The average Bonchev–Trinajstić information content (AvgIpc) is 3.13. The molecule has 6 heteroatoms. The Bertz CT molecular complexity index is 567. The van der Waals surface area contributed by atoms with Crippen LogP contribution in [0.4, 0.5) is 10.5 Å². The molecule has 2 N–H and O–H groups in total. The van der Waals surface area contributed by atoms with E-state index in [0.29, 0.717) is 32.0 Å². The van der Waals surface area contributed by atoms with E-state index in [2.05, 4.69) is 5.32 Å². The summed E-state index contributed by atoms with van der Waals surface area (Å²) >= 11 is 0. The zero-order valence-corrected chi connectivity index (χ0v) is 11.7. The maximum atomic E-state index is 12.2. The van der Waals surface area contributed by atoms with Crippen molar-refractivity contribution in [3.8, 4) is 0 Å². The minimum Gasteiger partial charge on any atom is -0.478 e. The van der Waals surface area contributed by atoms with Gasteiger partial charge in [0.1, 0.15) is 0 Å². The summed E-state index contributed by atoms with van der Waals surface area (Å²) in [5.41, 5.74) is 1.98. The molecular formula is C15H18N2O4. The van der Waals surface area contributed by atoms with Crippen LogP contribution in [0.15, 0.2) is 18.2 Å². The third kappa shape index (κ3) is 2.85. The van der Waals surface area contributed by atoms with Gasteiger partial charge in [0, 0.05) is 31.3 Å². The Labute approximate surface area is 122 Å². The van der Waals surface area contributed by atoms with Crippen LogP contribution < -0.4 is 10.2 Å². The monoisotopic (exact) mass is 290 g/mol. The highest BCUT2D eigenvalue weighted by Crippen LogP contribution is 2.29. The third-order valence-electron chi connectivity index (χ3n) is 4.03. The number of fused-ring (bicyclic) bond motifs is 1. The number of nitrogens with zero attached hydrogens (tertiary/aromatic N) is 1. The normalized spacial score (nSPS) is 20.4. The van der Waals surface area contributed by atoms with Gasteiger partial charge in [-0.3, -0.25) is 4.90 Å². The fraction of sp³-hybridized carbons (Fsp3) is 0.467. The number of carboxylic acid groups (broad SMARTS) is 1. The lowest BCUT2D eigenvalue weighted by Crippen LogP contribution is -2.41. The number of aromatic carboxylic acids is 1. The van der Waals surface area contributed by atoms with Crippen LogP contribution in [0.5, 0.6) is 0 Å². The Kier molecular flexibility index (Phi) is 3.79. The molecule has 6 nitrogen and oxygen atoms in total. The van der Waals surface area contributed by atoms with Gasteiger partial charge in [-0.25, -0.2) is 9.59 Å². The molecule has 1 aromatic rings. The predicted molar refractivity (Wildman–Crippen MR) is 76.8 cm³/mol. The molecule has 0 aromatic heterocycles. The van der Waals surface area contributed by atoms with E-state index < -0.39 is 5.97 Å². The SMILES string of the molecule is O=C(O)c1ccc2c(c1)CCN2C(=O)NCC1CCOC1. The number of hydrogen-bond donors (Lipinski definition) is 2. The third-order valence-corrected chi connectivity index (χ3v) is 4.03. The number of ether oxygens (including phenoxy) is 1. The maximum Gasteiger partial charge on any atom is 0.335 e. The summed E-state index contributed by atoms with van der Waals surface area (Å²) in [6, 6.07) is 4.78. The number of hydrogen-bond acceptors (Lipinski definition) is 3. The minimum atomic E-state index is -0.943. The van der Waals surface area contributed by atoms with E-state index >= 15 is 0 Å². The fourth-order valence-electron chi connectivity index (χ4n) is 2.82. The zero-order chi connectivity index (χ0) is 14.8. The highest BCUT2D eigenvalue weighted by Gasteiger charge is 2.26. The Morgan fingerprint density at radius 3 is 3.00 bits per heavy atom. The van der Waals surface area contributed by atoms with Crippen LogP contribution in [-0.4, -0.2) is 43.4 Å². The van der Waals surface area contributed by atoms with Gasteiger partial charge in [0.25, 0.3) is 0 Å². The molecule has 3 rings (SSSR count). The predicted octanol–water partition coefficient (Wildman–Crippen LogP) is 1.49. The lowest BCUT2D eigenvalue weighted by molar-refractivity contribution is 0.0697. The average molecular weight is 290 g/mol. The van der Waals surface area contributed by atoms with Gasteiger partial charge in [-0.1, -0.05) is 0 Å². The van der Waals surface area contributed by atoms with E-state index in [-0.39, 0.29) is 11.6 Å². The summed E-state index contributed by atoms with van der Waals surface area (Å²) < 4.78 is 5.29. The van der Waals surface area contributed by atoms with Crippen LogP contribution in [0.1, 0.15) is 22.3 Å². The van der Waals surface area contributed by atoms with Crippen molar-refractivity contribution in [3.63, 3.8) is 0 Å². The summed E-state index contributed by atoms with van der Waals surface area (Å²) in [5.74, 6) is -0.549. The second-order valence-corrected chi connectivity index (χ2v) is 5.47. The second kappa shape index (κ2) is 5.73. The molecule has 0 saturated carbocycles. The lowest BCUT2D eigenvalue weighted by Gasteiger charge is -2.19. The van der Waals surface area contributed by atoms with E-state index in [1.807, 2.05) is 0 Å². The van der Waals surface area contributed by atoms with E-state index in [9.17, 15) is 9.59 Å². The first kappa shape index (κ1) is 13.9. The van der Waals surface area contributed by atoms with Crippen LogP contribution in [0.3, 0.4) is 0 Å². The van der Waals surface area contributed by atoms with Gasteiger partial charge in [-0.05, 0) is 36.6 Å². The van der Waals surface area contributed by atoms with Crippen LogP contribution >= 0.6 is 0 Å². The lowest BCUT2D eigenvalue weighted by atomic mass is 10.1. The molecule has 0 aliphatic carbocycles. The highest BCUT2D eigenvalue weighted by atomic mass is 16.5. The second-order valence-electron chi connectivity index (χ2n) is 5.47. The van der Waals surface area contributed by atoms with Gasteiger partial charge >= 0.3 is 12.0 Å². The molecule has 112 valence electrons. The standard InChI is InChI=1S/C15H18N2O4/c18-14(19)12-1-2-13-11(7-12)3-5-17(13)15(20)16-8-10-4-6-21-9-10/h1-2,7,10H,3-6,8-9H2,(H,16,20)(H,18,19). The molecule has 21 heavy (non-hydrogen) atoms. The number of amides is 2. The number of urea groups is 1. The molecular weight excluding hydrogens is 272 g/mol. The van der Waals surface area contributed by atoms with Crippen molar-refractivity contribution in [2.75, 3.05) is 31.2 Å². The van der Waals surface area contributed by atoms with Crippen molar-refractivity contribution >= 4 is 17.7 Å². The summed E-state index contributed by atoms with van der Waals surface area (Å²) in [7, 11) is 0. The number of rotatable bonds is 3. The topological polar surface area (TPSA) is 78.9 Å². The number of carboxylic acids is 1. The molecule has 2 aliphatic heterocycles. The van der Waals surface area contributed by atoms with Crippen molar-refractivity contribution in [2.24, 2.45) is 5.92 Å². The largest absolute Gasteiger partial charge is 0.478 e. The molecule has 1 saturated heterocycles. The quantitative estimate of drug-likeness (QED) is 0.884. The first-order chi connectivity index (χ1) is 10.1. The molecule has 0 spiro atoms. The summed E-state index contributed by atoms with van der Waals surface area (Å²) in [6.45, 7) is 2.69. The van der Waals surface area contributed by atoms with Crippen LogP contribution in [0, 0.1) is 5.92 Å². The molecule has 2 heterocycles. The van der Waals surface area contributed by atoms with Crippen molar-refractivity contribution in [1.29, 1.82) is 0 Å². The Balaban J connectivity index is 1.65. The first-order valence-corrected chi connectivity index (χ1v) is 7.14. The number of carbonyl (C=O) groups is 2. The Morgan fingerprint density at radius 2 is 2.29 bits per heavy atom. The minimum absolute atomic E-state index is 0.122. The van der Waals surface area contributed by atoms with Gasteiger partial charge in [0.05, 0.1) is 12.2 Å². The van der Waals surface area contributed by atoms with E-state index in [4.69, 9.17) is 9.84 Å². The molecule has 1 fully saturated rings. The van der Waals surface area contributed by atoms with Crippen molar-refractivity contribution < 1.29 is 19.4 Å². The summed E-state index contributed by atoms with van der Waals surface area (Å²) in [6.07, 6.45) is 1.68. The van der Waals surface area contributed by atoms with E-state index in [1.165, 1.54) is 6.07 Å². The summed E-state index contributed by atoms with van der Waals surface area (Å²) in [5, 5.41) is 11.9. The van der Waals surface area contributed by atoms with Gasteiger partial charge in [0.15, 0.2) is 0 Å². The highest BCUT2D eigenvalue weighted by molar-refractivity contribution is 5.96. The number of nitrogens with one attached hydrogen (secondary N) is 1. The molecule has 2 aliphatic rings. The van der Waals surface area contributed by atoms with Crippen LogP contribution in [-0.2, 0) is 11.2 Å². The molecule has 1 atom stereocenters. The molecule has 2 amide bonds. The van der Waals surface area contributed by atoms with E-state index in [1.54, 1.807) is 17.0 Å². The van der Waals surface area contributed by atoms with Gasteiger partial charge in [-0.2, -0.15) is 0 Å². The Hall–Kier alpha value is -2.08. The molecule has 1 unspecified atom stereocenters. The van der Waals surface area contributed by atoms with Crippen molar-refractivity contribution in [3.05, 3.63) is 29.3 Å². The maximum absolute atomic E-state index is 12.2. The number of benzene rings is 1. The summed E-state index contributed by atoms with van der Waals surface area (Å²) in [4.78, 5) is 24.9. The smallest absolute Gasteiger partial charge is 0.335 e. The van der Waals surface area contributed by atoms with Crippen molar-refractivity contribution in [2.45, 2.75) is 12.8 Å². The van der Waals surface area contributed by atoms with Gasteiger partial charge < -0.3 is 15.2 Å². The van der Waals surface area contributed by atoms with Gasteiger partial charge in [-0.15, -0.1) is 0 Å². The number of anilines is 1. The van der Waals surface area contributed by atoms with Crippen LogP contribution in [0.2, 0.25) is 0 Å². The van der Waals surface area contributed by atoms with Crippen molar-refractivity contribution in [1.82, 2.24) is 5.32 Å². The molecule has 0 bridgehead atoms. The van der Waals surface area contributed by atoms with Gasteiger partial charge in [0.2, 0.25) is 0 Å².